The second kappa shape index (κ2) is 6.26. The molecule has 3 rings (SSSR count). The lowest BCUT2D eigenvalue weighted by Crippen LogP contribution is -2.14. The lowest BCUT2D eigenvalue weighted by molar-refractivity contribution is -0.115. The van der Waals surface area contributed by atoms with Crippen molar-refractivity contribution in [1.29, 1.82) is 0 Å². The number of nitrogens with one attached hydrogen (secondary N) is 1. The molecule has 1 amide bonds. The van der Waals surface area contributed by atoms with Crippen molar-refractivity contribution in [3.05, 3.63) is 71.9 Å². The SMILES string of the molecule is Cc1ccc(-c2cnoc2NC(=O)Cc2ccccc2)cc1. The van der Waals surface area contributed by atoms with Crippen molar-refractivity contribution in [2.45, 2.75) is 13.3 Å². The van der Waals surface area contributed by atoms with Gasteiger partial charge in [-0.3, -0.25) is 10.1 Å². The number of hydrogen-bond acceptors (Lipinski definition) is 3. The number of amides is 1. The first-order chi connectivity index (χ1) is 10.7. The predicted molar refractivity (Wildman–Crippen MR) is 85.5 cm³/mol. The van der Waals surface area contributed by atoms with E-state index in [1.165, 1.54) is 5.56 Å². The molecule has 0 saturated carbocycles. The van der Waals surface area contributed by atoms with E-state index in [1.807, 2.05) is 61.5 Å². The van der Waals surface area contributed by atoms with Gasteiger partial charge in [0.15, 0.2) is 0 Å². The monoisotopic (exact) mass is 292 g/mol. The van der Waals surface area contributed by atoms with Crippen LogP contribution in [-0.4, -0.2) is 11.1 Å². The molecular formula is C18H16N2O2. The van der Waals surface area contributed by atoms with E-state index in [9.17, 15) is 4.79 Å². The Hall–Kier alpha value is -2.88. The minimum Gasteiger partial charge on any atom is -0.338 e. The van der Waals surface area contributed by atoms with E-state index in [1.54, 1.807) is 6.20 Å². The van der Waals surface area contributed by atoms with E-state index in [2.05, 4.69) is 10.5 Å². The van der Waals surface area contributed by atoms with Gasteiger partial charge in [-0.1, -0.05) is 65.3 Å². The van der Waals surface area contributed by atoms with Crippen LogP contribution in [0.3, 0.4) is 0 Å². The summed E-state index contributed by atoms with van der Waals surface area (Å²) in [6, 6.07) is 17.6. The Balaban J connectivity index is 1.75. The van der Waals surface area contributed by atoms with Crippen molar-refractivity contribution in [2.24, 2.45) is 0 Å². The largest absolute Gasteiger partial charge is 0.338 e. The number of anilines is 1. The van der Waals surface area contributed by atoms with Crippen LogP contribution in [-0.2, 0) is 11.2 Å². The molecule has 0 atom stereocenters. The topological polar surface area (TPSA) is 55.1 Å². The second-order valence-corrected chi connectivity index (χ2v) is 5.15. The molecule has 4 heteroatoms. The van der Waals surface area contributed by atoms with E-state index in [0.717, 1.165) is 16.7 Å². The fraction of sp³-hybridized carbons (Fsp3) is 0.111. The number of aryl methyl sites for hydroxylation is 1. The van der Waals surface area contributed by atoms with E-state index in [-0.39, 0.29) is 5.91 Å². The summed E-state index contributed by atoms with van der Waals surface area (Å²) in [6.07, 6.45) is 1.91. The zero-order valence-corrected chi connectivity index (χ0v) is 12.2. The van der Waals surface area contributed by atoms with Crippen LogP contribution in [0.1, 0.15) is 11.1 Å². The molecule has 4 nitrogen and oxygen atoms in total. The van der Waals surface area contributed by atoms with E-state index in [4.69, 9.17) is 4.52 Å². The van der Waals surface area contributed by atoms with Crippen molar-refractivity contribution in [1.82, 2.24) is 5.16 Å². The lowest BCUT2D eigenvalue weighted by Gasteiger charge is -2.05. The van der Waals surface area contributed by atoms with Gasteiger partial charge >= 0.3 is 0 Å². The number of carbonyl (C=O) groups is 1. The number of rotatable bonds is 4. The van der Waals surface area contributed by atoms with Crippen LogP contribution >= 0.6 is 0 Å². The standard InChI is InChI=1S/C18H16N2O2/c1-13-7-9-15(10-8-13)16-12-19-22-18(16)20-17(21)11-14-5-3-2-4-6-14/h2-10,12H,11H2,1H3,(H,20,21). The molecule has 3 aromatic rings. The van der Waals surface area contributed by atoms with Crippen LogP contribution in [0.15, 0.2) is 65.3 Å². The molecule has 0 bridgehead atoms. The molecule has 0 spiro atoms. The molecule has 110 valence electrons. The van der Waals surface area contributed by atoms with Gasteiger partial charge in [-0.05, 0) is 18.1 Å². The number of aromatic nitrogens is 1. The summed E-state index contributed by atoms with van der Waals surface area (Å²) in [4.78, 5) is 12.1. The summed E-state index contributed by atoms with van der Waals surface area (Å²) in [5.41, 5.74) is 3.87. The molecule has 22 heavy (non-hydrogen) atoms. The highest BCUT2D eigenvalue weighted by molar-refractivity contribution is 5.94. The summed E-state index contributed by atoms with van der Waals surface area (Å²) in [6.45, 7) is 2.03. The fourth-order valence-corrected chi connectivity index (χ4v) is 2.22. The molecule has 0 fully saturated rings. The van der Waals surface area contributed by atoms with Crippen molar-refractivity contribution in [2.75, 3.05) is 5.32 Å². The molecule has 0 saturated heterocycles. The Kier molecular flexibility index (Phi) is 4.01. The average Bonchev–Trinajstić information content (AvgIpc) is 2.97. The van der Waals surface area contributed by atoms with Crippen LogP contribution in [0.5, 0.6) is 0 Å². The molecule has 0 aliphatic rings. The summed E-state index contributed by atoms with van der Waals surface area (Å²) in [7, 11) is 0. The molecule has 1 aromatic heterocycles. The maximum absolute atomic E-state index is 12.1. The first-order valence-electron chi connectivity index (χ1n) is 7.08. The van der Waals surface area contributed by atoms with Crippen LogP contribution in [0.4, 0.5) is 5.88 Å². The molecule has 2 aromatic carbocycles. The van der Waals surface area contributed by atoms with Gasteiger partial charge in [-0.25, -0.2) is 0 Å². The lowest BCUT2D eigenvalue weighted by atomic mass is 10.1. The number of carbonyl (C=O) groups excluding carboxylic acids is 1. The fourth-order valence-electron chi connectivity index (χ4n) is 2.22. The van der Waals surface area contributed by atoms with Gasteiger partial charge in [-0.15, -0.1) is 0 Å². The first-order valence-corrected chi connectivity index (χ1v) is 7.08. The normalized spacial score (nSPS) is 10.4. The minimum atomic E-state index is -0.128. The van der Waals surface area contributed by atoms with Gasteiger partial charge < -0.3 is 4.52 Å². The van der Waals surface area contributed by atoms with Crippen LogP contribution in [0.2, 0.25) is 0 Å². The third-order valence-corrected chi connectivity index (χ3v) is 3.39. The maximum atomic E-state index is 12.1. The van der Waals surface area contributed by atoms with Crippen LogP contribution < -0.4 is 5.32 Å². The number of hydrogen-bond donors (Lipinski definition) is 1. The summed E-state index contributed by atoms with van der Waals surface area (Å²) < 4.78 is 5.18. The van der Waals surface area contributed by atoms with Gasteiger partial charge in [0.1, 0.15) is 0 Å². The van der Waals surface area contributed by atoms with Crippen molar-refractivity contribution >= 4 is 11.8 Å². The van der Waals surface area contributed by atoms with Gasteiger partial charge in [0.05, 0.1) is 18.2 Å². The molecule has 1 heterocycles. The molecular weight excluding hydrogens is 276 g/mol. The zero-order valence-electron chi connectivity index (χ0n) is 12.2. The van der Waals surface area contributed by atoms with Gasteiger partial charge in [0.25, 0.3) is 0 Å². The van der Waals surface area contributed by atoms with Crippen LogP contribution in [0.25, 0.3) is 11.1 Å². The van der Waals surface area contributed by atoms with Gasteiger partial charge in [0, 0.05) is 0 Å². The highest BCUT2D eigenvalue weighted by atomic mass is 16.5. The highest BCUT2D eigenvalue weighted by Crippen LogP contribution is 2.28. The molecule has 0 radical (unpaired) electrons. The molecule has 1 N–H and O–H groups in total. The Morgan fingerprint density at radius 3 is 2.55 bits per heavy atom. The summed E-state index contributed by atoms with van der Waals surface area (Å²) in [5.74, 6) is 0.251. The van der Waals surface area contributed by atoms with Crippen molar-refractivity contribution < 1.29 is 9.32 Å². The first kappa shape index (κ1) is 14.1. The predicted octanol–water partition coefficient (Wildman–Crippen LogP) is 3.83. The van der Waals surface area contributed by atoms with E-state index < -0.39 is 0 Å². The Bertz CT molecular complexity index is 761. The molecule has 0 unspecified atom stereocenters. The molecule has 0 aliphatic heterocycles. The third kappa shape index (κ3) is 3.23. The number of benzene rings is 2. The van der Waals surface area contributed by atoms with Crippen molar-refractivity contribution in [3.8, 4) is 11.1 Å². The minimum absolute atomic E-state index is 0.128. The number of nitrogens with zero attached hydrogens (tertiary/aromatic N) is 1. The van der Waals surface area contributed by atoms with Gasteiger partial charge in [-0.2, -0.15) is 0 Å². The second-order valence-electron chi connectivity index (χ2n) is 5.15. The Morgan fingerprint density at radius 1 is 1.09 bits per heavy atom. The van der Waals surface area contributed by atoms with E-state index in [0.29, 0.717) is 12.3 Å². The van der Waals surface area contributed by atoms with Crippen molar-refractivity contribution in [3.63, 3.8) is 0 Å². The zero-order chi connectivity index (χ0) is 15.4. The quantitative estimate of drug-likeness (QED) is 0.795. The smallest absolute Gasteiger partial charge is 0.239 e. The average molecular weight is 292 g/mol. The Morgan fingerprint density at radius 2 is 1.82 bits per heavy atom. The van der Waals surface area contributed by atoms with E-state index >= 15 is 0 Å². The van der Waals surface area contributed by atoms with Crippen LogP contribution in [0, 0.1) is 6.92 Å². The molecule has 0 aliphatic carbocycles. The maximum Gasteiger partial charge on any atom is 0.239 e. The van der Waals surface area contributed by atoms with Gasteiger partial charge in [0.2, 0.25) is 11.8 Å². The third-order valence-electron chi connectivity index (χ3n) is 3.39. The highest BCUT2D eigenvalue weighted by Gasteiger charge is 2.13. The summed E-state index contributed by atoms with van der Waals surface area (Å²) in [5, 5.41) is 6.58. The Labute approximate surface area is 128 Å². The summed E-state index contributed by atoms with van der Waals surface area (Å²) >= 11 is 0.